The van der Waals surface area contributed by atoms with Crippen LogP contribution in [0.3, 0.4) is 0 Å². The molecule has 0 bridgehead atoms. The third-order valence-corrected chi connectivity index (χ3v) is 6.93. The number of alkyl halides is 1. The minimum Gasteiger partial charge on any atom is -0.383 e. The van der Waals surface area contributed by atoms with Crippen LogP contribution in [0.15, 0.2) is 66.8 Å². The van der Waals surface area contributed by atoms with Crippen LogP contribution in [0.1, 0.15) is 50.4 Å². The van der Waals surface area contributed by atoms with Crippen LogP contribution in [0.25, 0.3) is 21.8 Å². The first-order valence-corrected chi connectivity index (χ1v) is 13.4. The Morgan fingerprint density at radius 3 is 2.59 bits per heavy atom. The summed E-state index contributed by atoms with van der Waals surface area (Å²) in [7, 11) is 0. The first kappa shape index (κ1) is 27.6. The van der Waals surface area contributed by atoms with Crippen molar-refractivity contribution in [2.45, 2.75) is 39.8 Å². The Bertz CT molecular complexity index is 1710. The van der Waals surface area contributed by atoms with Crippen molar-refractivity contribution in [1.29, 1.82) is 10.5 Å². The number of aromatic nitrogens is 2. The second-order valence-corrected chi connectivity index (χ2v) is 11.3. The highest BCUT2D eigenvalue weighted by Crippen LogP contribution is 2.36. The van der Waals surface area contributed by atoms with Crippen molar-refractivity contribution < 1.29 is 4.39 Å². The Hall–Kier alpha value is -4.93. The summed E-state index contributed by atoms with van der Waals surface area (Å²) in [5.41, 5.74) is 11.3. The van der Waals surface area contributed by atoms with E-state index < -0.39 is 12.7 Å². The Morgan fingerprint density at radius 1 is 1.05 bits per heavy atom. The molecule has 0 spiro atoms. The van der Waals surface area contributed by atoms with Gasteiger partial charge in [-0.2, -0.15) is 10.5 Å². The first-order valence-electron chi connectivity index (χ1n) is 13.4. The van der Waals surface area contributed by atoms with Gasteiger partial charge in [-0.15, -0.1) is 5.53 Å². The lowest BCUT2D eigenvalue weighted by atomic mass is 9.96. The average molecular weight is 550 g/mol. The zero-order chi connectivity index (χ0) is 29.1. The third kappa shape index (κ3) is 5.69. The standard InChI is InChI=1S/C31H32FN9/c1-19(13-32)41-17-27(39-40-41)30(24-7-5-9-26-23(24)8-6-10-35-26)38-22-11-20(14-33)28-25(12-22)29(21(15-34)16-36-28)37-18-31(2,3)4/h5-12,16-17,19,30,38-40H,13,18H2,1-4H3,(H,36,37)/t19-,30-/m0/s1. The fourth-order valence-corrected chi connectivity index (χ4v) is 4.77. The third-order valence-electron chi connectivity index (χ3n) is 6.93. The molecule has 0 radical (unpaired) electrons. The number of fused-ring (bicyclic) bond motifs is 2. The molecule has 0 unspecified atom stereocenters. The van der Waals surface area contributed by atoms with Crippen LogP contribution >= 0.6 is 0 Å². The van der Waals surface area contributed by atoms with E-state index in [-0.39, 0.29) is 11.5 Å². The lowest BCUT2D eigenvalue weighted by molar-refractivity contribution is 0.178. The van der Waals surface area contributed by atoms with Gasteiger partial charge in [-0.25, -0.2) is 4.39 Å². The van der Waals surface area contributed by atoms with Gasteiger partial charge in [0.25, 0.3) is 0 Å². The van der Waals surface area contributed by atoms with Crippen molar-refractivity contribution in [3.05, 3.63) is 83.4 Å². The second-order valence-electron chi connectivity index (χ2n) is 11.3. The van der Waals surface area contributed by atoms with Gasteiger partial charge in [0.15, 0.2) is 0 Å². The molecular weight excluding hydrogens is 517 g/mol. The van der Waals surface area contributed by atoms with E-state index in [0.717, 1.165) is 22.2 Å². The summed E-state index contributed by atoms with van der Waals surface area (Å²) in [4.78, 5) is 8.99. The van der Waals surface area contributed by atoms with Crippen molar-refractivity contribution >= 4 is 33.2 Å². The molecule has 9 nitrogen and oxygen atoms in total. The average Bonchev–Trinajstić information content (AvgIpc) is 3.47. The van der Waals surface area contributed by atoms with Crippen molar-refractivity contribution in [2.24, 2.45) is 5.41 Å². The first-order chi connectivity index (χ1) is 19.7. The maximum Gasteiger partial charge on any atom is 0.111 e. The highest BCUT2D eigenvalue weighted by Gasteiger charge is 2.27. The minimum atomic E-state index is -0.524. The van der Waals surface area contributed by atoms with Crippen molar-refractivity contribution in [2.75, 3.05) is 23.9 Å². The van der Waals surface area contributed by atoms with E-state index in [4.69, 9.17) is 0 Å². The summed E-state index contributed by atoms with van der Waals surface area (Å²) in [6.07, 6.45) is 5.10. The van der Waals surface area contributed by atoms with Crippen LogP contribution in [-0.2, 0) is 0 Å². The number of benzene rings is 2. The summed E-state index contributed by atoms with van der Waals surface area (Å²) < 4.78 is 13.5. The summed E-state index contributed by atoms with van der Waals surface area (Å²) in [6.45, 7) is 8.20. The topological polar surface area (TPSA) is 125 Å². The number of halogens is 1. The number of nitrogens with zero attached hydrogens (tertiary/aromatic N) is 5. The van der Waals surface area contributed by atoms with Crippen molar-refractivity contribution in [1.82, 2.24) is 25.9 Å². The fourth-order valence-electron chi connectivity index (χ4n) is 4.77. The molecule has 5 rings (SSSR count). The van der Waals surface area contributed by atoms with Gasteiger partial charge in [-0.05, 0) is 42.2 Å². The maximum absolute atomic E-state index is 13.5. The van der Waals surface area contributed by atoms with Gasteiger partial charge in [-0.3, -0.25) is 15.0 Å². The second kappa shape index (κ2) is 11.3. The van der Waals surface area contributed by atoms with Crippen LogP contribution in [0.5, 0.6) is 0 Å². The smallest absolute Gasteiger partial charge is 0.111 e. The van der Waals surface area contributed by atoms with E-state index in [0.29, 0.717) is 39.9 Å². The van der Waals surface area contributed by atoms with Gasteiger partial charge in [-0.1, -0.05) is 39.0 Å². The van der Waals surface area contributed by atoms with E-state index in [9.17, 15) is 14.9 Å². The number of nitriles is 2. The molecule has 2 aromatic carbocycles. The maximum atomic E-state index is 13.5. The highest BCUT2D eigenvalue weighted by atomic mass is 19.1. The molecule has 41 heavy (non-hydrogen) atoms. The van der Waals surface area contributed by atoms with Crippen LogP contribution in [0, 0.1) is 28.1 Å². The molecule has 0 fully saturated rings. The van der Waals surface area contributed by atoms with Crippen LogP contribution < -0.4 is 21.6 Å². The number of pyridine rings is 2. The predicted octanol–water partition coefficient (Wildman–Crippen LogP) is 5.66. The number of rotatable bonds is 8. The van der Waals surface area contributed by atoms with Crippen LogP contribution in [0.4, 0.5) is 15.8 Å². The summed E-state index contributed by atoms with van der Waals surface area (Å²) in [5.74, 6) is 0. The lowest BCUT2D eigenvalue weighted by Crippen LogP contribution is -2.43. The molecule has 0 saturated heterocycles. The fraction of sp³-hybridized carbons (Fsp3) is 0.290. The van der Waals surface area contributed by atoms with Crippen LogP contribution in [-0.4, -0.2) is 34.2 Å². The van der Waals surface area contributed by atoms with Gasteiger partial charge < -0.3 is 16.1 Å². The normalized spacial score (nSPS) is 14.6. The molecule has 1 aliphatic rings. The molecule has 3 heterocycles. The van der Waals surface area contributed by atoms with Gasteiger partial charge in [0.1, 0.15) is 18.8 Å². The summed E-state index contributed by atoms with van der Waals surface area (Å²) >= 11 is 0. The molecular formula is C31H32FN9. The highest BCUT2D eigenvalue weighted by molar-refractivity contribution is 5.99. The molecule has 0 saturated carbocycles. The van der Waals surface area contributed by atoms with E-state index >= 15 is 0 Å². The zero-order valence-corrected chi connectivity index (χ0v) is 23.5. The molecule has 1 aliphatic heterocycles. The molecule has 4 N–H and O–H groups in total. The van der Waals surface area contributed by atoms with Gasteiger partial charge in [0.05, 0.1) is 45.6 Å². The predicted molar refractivity (Wildman–Crippen MR) is 159 cm³/mol. The Labute approximate surface area is 238 Å². The largest absolute Gasteiger partial charge is 0.383 e. The minimum absolute atomic E-state index is 0.0417. The molecule has 2 aromatic heterocycles. The van der Waals surface area contributed by atoms with Gasteiger partial charge in [0.2, 0.25) is 0 Å². The van der Waals surface area contributed by atoms with E-state index in [1.807, 2.05) is 42.6 Å². The molecule has 0 aliphatic carbocycles. The number of hydrazine groups is 2. The van der Waals surface area contributed by atoms with E-state index in [2.05, 4.69) is 64.5 Å². The monoisotopic (exact) mass is 549 g/mol. The van der Waals surface area contributed by atoms with E-state index in [1.165, 1.54) is 6.20 Å². The van der Waals surface area contributed by atoms with Crippen LogP contribution in [0.2, 0.25) is 0 Å². The number of nitrogens with one attached hydrogen (secondary N) is 4. The molecule has 2 atom stereocenters. The number of anilines is 2. The summed E-state index contributed by atoms with van der Waals surface area (Å²) in [5, 5.41) is 30.3. The Kier molecular flexibility index (Phi) is 7.60. The van der Waals surface area contributed by atoms with Crippen molar-refractivity contribution in [3.8, 4) is 12.1 Å². The number of hydrogen-bond donors (Lipinski definition) is 4. The molecule has 10 heteroatoms. The Morgan fingerprint density at radius 2 is 1.85 bits per heavy atom. The summed E-state index contributed by atoms with van der Waals surface area (Å²) in [6, 6.07) is 17.2. The van der Waals surface area contributed by atoms with Gasteiger partial charge in [0, 0.05) is 41.6 Å². The Balaban J connectivity index is 1.66. The lowest BCUT2D eigenvalue weighted by Gasteiger charge is -2.24. The van der Waals surface area contributed by atoms with E-state index in [1.54, 1.807) is 24.2 Å². The zero-order valence-electron chi connectivity index (χ0n) is 23.5. The molecule has 4 aromatic rings. The van der Waals surface area contributed by atoms with Gasteiger partial charge >= 0.3 is 0 Å². The molecule has 208 valence electrons. The van der Waals surface area contributed by atoms with Crippen molar-refractivity contribution in [3.63, 3.8) is 0 Å². The quantitative estimate of drug-likeness (QED) is 0.220. The molecule has 0 amide bonds. The number of hydrogen-bond acceptors (Lipinski definition) is 9. The SMILES string of the molecule is C[C@@H](CF)N1C=C([C@@H](Nc2cc(C#N)c3ncc(C#N)c(NCC(C)(C)C)c3c2)c2cccc3ncccc23)NN1.